The van der Waals surface area contributed by atoms with Gasteiger partial charge in [0.25, 0.3) is 5.91 Å². The Morgan fingerprint density at radius 1 is 1.26 bits per heavy atom. The first-order valence-corrected chi connectivity index (χ1v) is 8.83. The Bertz CT molecular complexity index is 650. The lowest BCUT2D eigenvalue weighted by Crippen LogP contribution is -2.69. The molecule has 3 saturated heterocycles. The van der Waals surface area contributed by atoms with E-state index < -0.39 is 34.3 Å². The lowest BCUT2D eigenvalue weighted by Gasteiger charge is -2.42. The summed E-state index contributed by atoms with van der Waals surface area (Å²) < 4.78 is 31.7. The van der Waals surface area contributed by atoms with Crippen molar-refractivity contribution in [2.75, 3.05) is 13.1 Å². The number of nitrogens with zero attached hydrogens (tertiary/aromatic N) is 2. The molecular weight excluding hydrogens is 328 g/mol. The predicted molar refractivity (Wildman–Crippen MR) is 76.5 cm³/mol. The smallest absolute Gasteiger partial charge is 0.356 e. The first-order chi connectivity index (χ1) is 10.8. The normalized spacial score (nSPS) is 31.1. The van der Waals surface area contributed by atoms with Gasteiger partial charge in [0.1, 0.15) is 6.04 Å². The maximum absolute atomic E-state index is 12.3. The van der Waals surface area contributed by atoms with E-state index in [2.05, 4.69) is 10.6 Å². The van der Waals surface area contributed by atoms with Crippen LogP contribution in [0.25, 0.3) is 0 Å². The van der Waals surface area contributed by atoms with Crippen LogP contribution in [0.3, 0.4) is 0 Å². The first kappa shape index (κ1) is 16.0. The van der Waals surface area contributed by atoms with Crippen LogP contribution in [0.2, 0.25) is 0 Å². The van der Waals surface area contributed by atoms with Crippen LogP contribution in [0, 0.1) is 0 Å². The van der Waals surface area contributed by atoms with Crippen molar-refractivity contribution in [3.8, 4) is 0 Å². The molecular formula is C12H18N4O6S. The van der Waals surface area contributed by atoms with E-state index in [1.165, 1.54) is 4.90 Å². The second-order valence-electron chi connectivity index (χ2n) is 5.93. The zero-order valence-corrected chi connectivity index (χ0v) is 13.1. The first-order valence-electron chi connectivity index (χ1n) is 7.43. The summed E-state index contributed by atoms with van der Waals surface area (Å²) >= 11 is 0. The van der Waals surface area contributed by atoms with Crippen molar-refractivity contribution in [1.29, 1.82) is 0 Å². The lowest BCUT2D eigenvalue weighted by molar-refractivity contribution is -0.143. The Kier molecular flexibility index (Phi) is 3.92. The van der Waals surface area contributed by atoms with Gasteiger partial charge in [0.15, 0.2) is 0 Å². The van der Waals surface area contributed by atoms with Crippen LogP contribution in [0.4, 0.5) is 4.79 Å². The van der Waals surface area contributed by atoms with E-state index in [0.717, 1.165) is 0 Å². The summed E-state index contributed by atoms with van der Waals surface area (Å²) in [6.07, 6.45) is 1.75. The predicted octanol–water partition coefficient (Wildman–Crippen LogP) is -1.55. The molecule has 3 rings (SSSR count). The van der Waals surface area contributed by atoms with Gasteiger partial charge >= 0.3 is 16.3 Å². The number of urea groups is 1. The Labute approximate surface area is 133 Å². The summed E-state index contributed by atoms with van der Waals surface area (Å²) in [7, 11) is -4.58. The lowest BCUT2D eigenvalue weighted by atomic mass is 10.0. The van der Waals surface area contributed by atoms with Gasteiger partial charge in [0, 0.05) is 25.6 Å². The van der Waals surface area contributed by atoms with E-state index >= 15 is 0 Å². The number of likely N-dealkylation sites (tertiary alicyclic amines) is 1. The summed E-state index contributed by atoms with van der Waals surface area (Å²) in [5.74, 6) is -0.844. The minimum absolute atomic E-state index is 0.0547. The zero-order chi connectivity index (χ0) is 16.8. The number of carbonyl (C=O) groups excluding carboxylic acids is 3. The van der Waals surface area contributed by atoms with E-state index in [-0.39, 0.29) is 18.5 Å². The van der Waals surface area contributed by atoms with Crippen molar-refractivity contribution in [2.45, 2.75) is 43.8 Å². The van der Waals surface area contributed by atoms with Gasteiger partial charge in [-0.15, -0.1) is 0 Å². The average molecular weight is 346 g/mol. The molecule has 23 heavy (non-hydrogen) atoms. The second-order valence-corrected chi connectivity index (χ2v) is 7.22. The van der Waals surface area contributed by atoms with Crippen molar-refractivity contribution in [3.63, 3.8) is 0 Å². The highest BCUT2D eigenvalue weighted by Gasteiger charge is 2.60. The third kappa shape index (κ3) is 2.85. The molecule has 0 aromatic heterocycles. The average Bonchev–Trinajstić information content (AvgIpc) is 2.69. The largest absolute Gasteiger partial charge is 0.362 e. The minimum atomic E-state index is -4.58. The molecule has 3 aliphatic heterocycles. The number of β-lactam (4-membered cyclic amide) rings is 1. The van der Waals surface area contributed by atoms with Gasteiger partial charge in [-0.25, -0.2) is 9.10 Å². The molecule has 0 aliphatic carbocycles. The van der Waals surface area contributed by atoms with E-state index in [0.29, 0.717) is 36.5 Å². The summed E-state index contributed by atoms with van der Waals surface area (Å²) in [6, 6.07) is -2.16. The molecule has 3 atom stereocenters. The molecule has 11 heteroatoms. The number of nitrogens with one attached hydrogen (secondary N) is 2. The maximum atomic E-state index is 12.3. The molecule has 3 fully saturated rings. The molecule has 3 N–H and O–H groups in total. The molecule has 3 aliphatic rings. The maximum Gasteiger partial charge on any atom is 0.362 e. The molecule has 0 saturated carbocycles. The van der Waals surface area contributed by atoms with Crippen molar-refractivity contribution >= 4 is 28.1 Å². The molecule has 0 spiro atoms. The highest BCUT2D eigenvalue weighted by atomic mass is 32.2. The van der Waals surface area contributed by atoms with Gasteiger partial charge in [0.2, 0.25) is 5.91 Å². The van der Waals surface area contributed by atoms with Crippen LogP contribution < -0.4 is 10.6 Å². The third-order valence-electron chi connectivity index (χ3n) is 4.51. The van der Waals surface area contributed by atoms with Crippen molar-refractivity contribution in [1.82, 2.24) is 19.8 Å². The second kappa shape index (κ2) is 5.64. The molecule has 0 aromatic carbocycles. The fraction of sp³-hybridized carbons (Fsp3) is 0.750. The summed E-state index contributed by atoms with van der Waals surface area (Å²) in [4.78, 5) is 36.8. The quantitative estimate of drug-likeness (QED) is 0.409. The van der Waals surface area contributed by atoms with Crippen molar-refractivity contribution in [2.24, 2.45) is 0 Å². The monoisotopic (exact) mass is 346 g/mol. The number of rotatable bonds is 2. The number of amides is 4. The van der Waals surface area contributed by atoms with Crippen LogP contribution in [0.5, 0.6) is 0 Å². The van der Waals surface area contributed by atoms with Crippen molar-refractivity contribution in [3.05, 3.63) is 0 Å². The van der Waals surface area contributed by atoms with Crippen LogP contribution >= 0.6 is 0 Å². The Morgan fingerprint density at radius 2 is 2.00 bits per heavy atom. The Morgan fingerprint density at radius 3 is 2.70 bits per heavy atom. The Hall–Kier alpha value is -1.88. The van der Waals surface area contributed by atoms with Crippen LogP contribution in [0.15, 0.2) is 0 Å². The molecule has 128 valence electrons. The molecule has 3 heterocycles. The Balaban J connectivity index is 1.62. The SMILES string of the molecule is O=C1CC[C@@H](NC(=O)N2CC[C@@H]3[C@H]2C(=O)N3S(=O)(=O)O)CCN1. The van der Waals surface area contributed by atoms with E-state index in [9.17, 15) is 22.8 Å². The molecule has 10 nitrogen and oxygen atoms in total. The van der Waals surface area contributed by atoms with Crippen LogP contribution in [-0.2, 0) is 19.9 Å². The molecule has 0 aromatic rings. The molecule has 4 amide bonds. The van der Waals surface area contributed by atoms with Crippen molar-refractivity contribution < 1.29 is 27.4 Å². The molecule has 0 unspecified atom stereocenters. The van der Waals surface area contributed by atoms with Gasteiger partial charge in [0.05, 0.1) is 6.04 Å². The zero-order valence-electron chi connectivity index (χ0n) is 12.3. The highest BCUT2D eigenvalue weighted by Crippen LogP contribution is 2.35. The summed E-state index contributed by atoms with van der Waals surface area (Å²) in [5.41, 5.74) is 0. The third-order valence-corrected chi connectivity index (χ3v) is 5.46. The van der Waals surface area contributed by atoms with Crippen LogP contribution in [0.1, 0.15) is 25.7 Å². The van der Waals surface area contributed by atoms with E-state index in [1.807, 2.05) is 0 Å². The summed E-state index contributed by atoms with van der Waals surface area (Å²) in [6.45, 7) is 0.716. The fourth-order valence-corrected chi connectivity index (χ4v) is 4.27. The summed E-state index contributed by atoms with van der Waals surface area (Å²) in [5, 5.41) is 5.51. The number of carbonyl (C=O) groups is 3. The van der Waals surface area contributed by atoms with Gasteiger partial charge < -0.3 is 15.5 Å². The van der Waals surface area contributed by atoms with Gasteiger partial charge in [-0.05, 0) is 19.3 Å². The highest BCUT2D eigenvalue weighted by molar-refractivity contribution is 7.84. The van der Waals surface area contributed by atoms with Gasteiger partial charge in [-0.3, -0.25) is 14.1 Å². The topological polar surface area (TPSA) is 136 Å². The van der Waals surface area contributed by atoms with E-state index in [1.54, 1.807) is 0 Å². The van der Waals surface area contributed by atoms with Gasteiger partial charge in [-0.1, -0.05) is 0 Å². The molecule has 0 bridgehead atoms. The minimum Gasteiger partial charge on any atom is -0.356 e. The van der Waals surface area contributed by atoms with Crippen LogP contribution in [-0.4, -0.2) is 71.2 Å². The standard InChI is InChI=1S/C12H18N4O6S/c17-9-2-1-7(3-5-13-9)14-12(19)15-6-4-8-10(15)11(18)16(8)23(20,21)22/h7-8,10H,1-6H2,(H,13,17)(H,14,19)(H,20,21,22)/t7-,8-,10+/m1/s1. The molecule has 0 radical (unpaired) electrons. The number of hydrogen-bond acceptors (Lipinski definition) is 5. The fourth-order valence-electron chi connectivity index (χ4n) is 3.37. The van der Waals surface area contributed by atoms with E-state index in [4.69, 9.17) is 4.55 Å². The number of fused-ring (bicyclic) bond motifs is 1. The number of hydrogen-bond donors (Lipinski definition) is 3. The van der Waals surface area contributed by atoms with Gasteiger partial charge in [-0.2, -0.15) is 8.42 Å².